The summed E-state index contributed by atoms with van der Waals surface area (Å²) in [6, 6.07) is 74.9. The van der Waals surface area contributed by atoms with E-state index in [0.717, 1.165) is 17.1 Å². The van der Waals surface area contributed by atoms with Crippen LogP contribution in [0.15, 0.2) is 200 Å². The van der Waals surface area contributed by atoms with Gasteiger partial charge in [0, 0.05) is 33.3 Å². The topological polar surface area (TPSA) is 3.24 Å². The van der Waals surface area contributed by atoms with E-state index in [4.69, 9.17) is 0 Å². The monoisotopic (exact) mass is 821 g/mol. The van der Waals surface area contributed by atoms with Crippen LogP contribution in [0.1, 0.15) is 74.9 Å². The van der Waals surface area contributed by atoms with Crippen LogP contribution in [0.5, 0.6) is 0 Å². The predicted molar refractivity (Wildman–Crippen MR) is 270 cm³/mol. The molecule has 12 rings (SSSR count). The van der Waals surface area contributed by atoms with E-state index in [9.17, 15) is 0 Å². The standard InChI is InChI=1S/C63H51N/c1-61(2)52-23-15-13-21-48(52)49-35-33-46(37-54(49)61)64(45-31-29-43(30-32-45)42-27-25-41(26-28-42)40-17-9-7-10-18-40)47-34-36-51-55(38-47)63(5,6)57-39-56-59(50-22-14-16-24-53(50)62(56,3)4)58(60(51)57)44-19-11-8-12-20-44/h7-39H,1-6H3. The zero-order valence-electron chi connectivity index (χ0n) is 37.5. The van der Waals surface area contributed by atoms with Crippen molar-refractivity contribution in [1.82, 2.24) is 0 Å². The Hall–Kier alpha value is -7.22. The molecule has 64 heavy (non-hydrogen) atoms. The molecule has 0 aromatic heterocycles. The van der Waals surface area contributed by atoms with Gasteiger partial charge in [0.15, 0.2) is 0 Å². The molecule has 308 valence electrons. The minimum Gasteiger partial charge on any atom is -0.310 e. The average Bonchev–Trinajstić information content (AvgIpc) is 3.81. The van der Waals surface area contributed by atoms with Crippen LogP contribution in [0.3, 0.4) is 0 Å². The number of hydrogen-bond acceptors (Lipinski definition) is 1. The van der Waals surface area contributed by atoms with Crippen molar-refractivity contribution in [3.63, 3.8) is 0 Å². The summed E-state index contributed by atoms with van der Waals surface area (Å²) in [5.41, 5.74) is 26.9. The van der Waals surface area contributed by atoms with Gasteiger partial charge in [0.05, 0.1) is 0 Å². The van der Waals surface area contributed by atoms with Crippen molar-refractivity contribution in [1.29, 1.82) is 0 Å². The Balaban J connectivity index is 1.02. The smallest absolute Gasteiger partial charge is 0.0465 e. The second kappa shape index (κ2) is 13.9. The maximum absolute atomic E-state index is 2.57. The van der Waals surface area contributed by atoms with E-state index >= 15 is 0 Å². The predicted octanol–water partition coefficient (Wildman–Crippen LogP) is 17.1. The Morgan fingerprint density at radius 1 is 0.250 bits per heavy atom. The molecule has 0 amide bonds. The first-order valence-corrected chi connectivity index (χ1v) is 22.8. The SMILES string of the molecule is CC1(C)c2ccccc2-c2ccc(N(c3ccc(-c4ccc(-c5ccccc5)cc4)cc3)c3ccc4c(c3)C(C)(C)c3cc5c(c(-c6ccccc6)c3-4)-c3ccccc3C5(C)C)cc21. The highest BCUT2D eigenvalue weighted by molar-refractivity contribution is 6.04. The van der Waals surface area contributed by atoms with Gasteiger partial charge in [-0.15, -0.1) is 0 Å². The molecule has 0 bridgehead atoms. The molecular weight excluding hydrogens is 771 g/mol. The van der Waals surface area contributed by atoms with Gasteiger partial charge >= 0.3 is 0 Å². The Kier molecular flexibility index (Phi) is 8.35. The van der Waals surface area contributed by atoms with Gasteiger partial charge in [0.1, 0.15) is 0 Å². The van der Waals surface area contributed by atoms with E-state index in [-0.39, 0.29) is 16.2 Å². The first kappa shape index (κ1) is 38.5. The van der Waals surface area contributed by atoms with Crippen molar-refractivity contribution in [3.05, 3.63) is 234 Å². The van der Waals surface area contributed by atoms with E-state index in [0.29, 0.717) is 0 Å². The average molecular weight is 822 g/mol. The van der Waals surface area contributed by atoms with Crippen LogP contribution in [0.4, 0.5) is 17.1 Å². The zero-order valence-corrected chi connectivity index (χ0v) is 37.5. The number of nitrogens with zero attached hydrogens (tertiary/aromatic N) is 1. The van der Waals surface area contributed by atoms with Gasteiger partial charge < -0.3 is 4.90 Å². The van der Waals surface area contributed by atoms with Gasteiger partial charge in [-0.1, -0.05) is 205 Å². The van der Waals surface area contributed by atoms with Crippen LogP contribution in [0, 0.1) is 0 Å². The summed E-state index contributed by atoms with van der Waals surface area (Å²) in [4.78, 5) is 2.48. The Morgan fingerprint density at radius 2 is 0.609 bits per heavy atom. The lowest BCUT2D eigenvalue weighted by molar-refractivity contribution is 0.639. The lowest BCUT2D eigenvalue weighted by Gasteiger charge is -2.30. The first-order chi connectivity index (χ1) is 31.0. The van der Waals surface area contributed by atoms with E-state index in [1.165, 1.54) is 100 Å². The molecule has 0 heterocycles. The molecule has 0 atom stereocenters. The highest BCUT2D eigenvalue weighted by Gasteiger charge is 2.45. The molecule has 0 N–H and O–H groups in total. The third kappa shape index (κ3) is 5.56. The van der Waals surface area contributed by atoms with Crippen molar-refractivity contribution in [3.8, 4) is 66.8 Å². The van der Waals surface area contributed by atoms with E-state index in [1.807, 2.05) is 0 Å². The second-order valence-corrected chi connectivity index (χ2v) is 19.7. The quantitative estimate of drug-likeness (QED) is 0.161. The summed E-state index contributed by atoms with van der Waals surface area (Å²) in [7, 11) is 0. The summed E-state index contributed by atoms with van der Waals surface area (Å²) in [6.07, 6.45) is 0. The molecule has 1 heteroatoms. The number of benzene rings is 9. The third-order valence-electron chi connectivity index (χ3n) is 15.1. The molecular formula is C63H51N. The van der Waals surface area contributed by atoms with E-state index < -0.39 is 0 Å². The molecule has 1 nitrogen and oxygen atoms in total. The zero-order chi connectivity index (χ0) is 43.5. The second-order valence-electron chi connectivity index (χ2n) is 19.7. The van der Waals surface area contributed by atoms with Crippen molar-refractivity contribution < 1.29 is 0 Å². The van der Waals surface area contributed by atoms with Crippen molar-refractivity contribution in [2.45, 2.75) is 57.8 Å². The van der Waals surface area contributed by atoms with Crippen LogP contribution in [-0.2, 0) is 16.2 Å². The van der Waals surface area contributed by atoms with Crippen molar-refractivity contribution >= 4 is 17.1 Å². The molecule has 0 spiro atoms. The molecule has 0 radical (unpaired) electrons. The van der Waals surface area contributed by atoms with Gasteiger partial charge in [-0.3, -0.25) is 0 Å². The fraction of sp³-hybridized carbons (Fsp3) is 0.143. The lowest BCUT2D eigenvalue weighted by atomic mass is 9.76. The molecule has 9 aromatic rings. The van der Waals surface area contributed by atoms with Gasteiger partial charge in [-0.05, 0) is 137 Å². The summed E-state index contributed by atoms with van der Waals surface area (Å²) in [5, 5.41) is 0. The van der Waals surface area contributed by atoms with Crippen LogP contribution in [0.2, 0.25) is 0 Å². The van der Waals surface area contributed by atoms with Crippen LogP contribution in [-0.4, -0.2) is 0 Å². The van der Waals surface area contributed by atoms with Crippen molar-refractivity contribution in [2.75, 3.05) is 4.90 Å². The minimum absolute atomic E-state index is 0.117. The normalized spacial score (nSPS) is 15.1. The number of fused-ring (bicyclic) bond motifs is 9. The molecule has 0 saturated carbocycles. The van der Waals surface area contributed by atoms with Crippen LogP contribution in [0.25, 0.3) is 66.8 Å². The third-order valence-corrected chi connectivity index (χ3v) is 15.1. The highest BCUT2D eigenvalue weighted by Crippen LogP contribution is 2.61. The largest absolute Gasteiger partial charge is 0.310 e. The fourth-order valence-corrected chi connectivity index (χ4v) is 11.6. The summed E-state index contributed by atoms with van der Waals surface area (Å²) < 4.78 is 0. The summed E-state index contributed by atoms with van der Waals surface area (Å²) >= 11 is 0. The molecule has 0 unspecified atom stereocenters. The number of hydrogen-bond donors (Lipinski definition) is 0. The Bertz CT molecular complexity index is 3310. The molecule has 9 aromatic carbocycles. The number of anilines is 3. The summed E-state index contributed by atoms with van der Waals surface area (Å²) in [5.74, 6) is 0. The molecule has 3 aliphatic rings. The molecule has 0 fully saturated rings. The number of rotatable bonds is 6. The lowest BCUT2D eigenvalue weighted by Crippen LogP contribution is -2.19. The highest BCUT2D eigenvalue weighted by atomic mass is 15.1. The molecule has 0 aliphatic heterocycles. The van der Waals surface area contributed by atoms with Crippen LogP contribution < -0.4 is 4.90 Å². The van der Waals surface area contributed by atoms with Gasteiger partial charge in [-0.25, -0.2) is 0 Å². The molecule has 3 aliphatic carbocycles. The maximum Gasteiger partial charge on any atom is 0.0465 e. The maximum atomic E-state index is 2.57. The molecule has 0 saturated heterocycles. The van der Waals surface area contributed by atoms with E-state index in [2.05, 4.69) is 247 Å². The fourth-order valence-electron chi connectivity index (χ4n) is 11.6. The van der Waals surface area contributed by atoms with Crippen molar-refractivity contribution in [2.24, 2.45) is 0 Å². The van der Waals surface area contributed by atoms with E-state index in [1.54, 1.807) is 0 Å². The van der Waals surface area contributed by atoms with Crippen LogP contribution >= 0.6 is 0 Å². The first-order valence-electron chi connectivity index (χ1n) is 22.8. The van der Waals surface area contributed by atoms with Gasteiger partial charge in [0.2, 0.25) is 0 Å². The van der Waals surface area contributed by atoms with Gasteiger partial charge in [-0.2, -0.15) is 0 Å². The summed E-state index contributed by atoms with van der Waals surface area (Å²) in [6.45, 7) is 14.4. The van der Waals surface area contributed by atoms with Gasteiger partial charge in [0.25, 0.3) is 0 Å². The Morgan fingerprint density at radius 3 is 1.19 bits per heavy atom. The Labute approximate surface area is 378 Å². The minimum atomic E-state index is -0.243.